The van der Waals surface area contributed by atoms with Gasteiger partial charge >= 0.3 is 0 Å². The van der Waals surface area contributed by atoms with Gasteiger partial charge in [0.15, 0.2) is 0 Å². The number of benzene rings is 2. The fourth-order valence-corrected chi connectivity index (χ4v) is 3.56. The normalized spacial score (nSPS) is 13.9. The van der Waals surface area contributed by atoms with Gasteiger partial charge in [-0.1, -0.05) is 55.8 Å². The van der Waals surface area contributed by atoms with Gasteiger partial charge in [-0.25, -0.2) is 0 Å². The Morgan fingerprint density at radius 3 is 2.71 bits per heavy atom. The molecule has 0 aromatic heterocycles. The van der Waals surface area contributed by atoms with Crippen LogP contribution in [0.1, 0.15) is 51.0 Å². The maximum absolute atomic E-state index is 12.2. The molecule has 1 aliphatic carbocycles. The van der Waals surface area contributed by atoms with Crippen LogP contribution in [0, 0.1) is 0 Å². The van der Waals surface area contributed by atoms with Gasteiger partial charge in [0, 0.05) is 45.3 Å². The van der Waals surface area contributed by atoms with Gasteiger partial charge in [0.1, 0.15) is 0 Å². The first-order valence-corrected chi connectivity index (χ1v) is 10.8. The van der Waals surface area contributed by atoms with Gasteiger partial charge in [-0.15, -0.1) is 0 Å². The number of carbonyl (C=O) groups excluding carboxylic acids is 1. The average molecular weight is 383 g/mol. The lowest BCUT2D eigenvalue weighted by Gasteiger charge is -2.22. The van der Waals surface area contributed by atoms with Crippen molar-refractivity contribution in [3.05, 3.63) is 48.0 Å². The number of carbonyl (C=O) groups is 1. The van der Waals surface area contributed by atoms with E-state index in [4.69, 9.17) is 4.74 Å². The van der Waals surface area contributed by atoms with Crippen molar-refractivity contribution in [1.29, 1.82) is 0 Å². The van der Waals surface area contributed by atoms with Gasteiger partial charge in [-0.2, -0.15) is 0 Å². The van der Waals surface area contributed by atoms with Crippen LogP contribution in [0.3, 0.4) is 0 Å². The summed E-state index contributed by atoms with van der Waals surface area (Å²) in [6.45, 7) is 6.17. The predicted molar refractivity (Wildman–Crippen MR) is 115 cm³/mol. The van der Waals surface area contributed by atoms with E-state index in [0.717, 1.165) is 45.6 Å². The molecule has 0 saturated heterocycles. The summed E-state index contributed by atoms with van der Waals surface area (Å²) in [7, 11) is 0. The third-order valence-corrected chi connectivity index (χ3v) is 5.37. The van der Waals surface area contributed by atoms with Crippen LogP contribution >= 0.6 is 0 Å². The Balaban J connectivity index is 1.42. The first kappa shape index (κ1) is 20.8. The molecule has 1 aliphatic rings. The summed E-state index contributed by atoms with van der Waals surface area (Å²) in [4.78, 5) is 14.7. The zero-order valence-corrected chi connectivity index (χ0v) is 17.2. The van der Waals surface area contributed by atoms with E-state index in [2.05, 4.69) is 59.6 Å². The minimum Gasteiger partial charge on any atom is -0.381 e. The predicted octanol–water partition coefficient (Wildman–Crippen LogP) is 4.52. The van der Waals surface area contributed by atoms with Crippen LogP contribution in [-0.2, 0) is 16.1 Å². The molecule has 1 amide bonds. The lowest BCUT2D eigenvalue weighted by atomic mass is 10.0. The van der Waals surface area contributed by atoms with Gasteiger partial charge in [0.05, 0.1) is 0 Å². The van der Waals surface area contributed by atoms with Crippen LogP contribution < -0.4 is 5.32 Å². The fourth-order valence-electron chi connectivity index (χ4n) is 3.56. The van der Waals surface area contributed by atoms with Crippen molar-refractivity contribution in [3.63, 3.8) is 0 Å². The van der Waals surface area contributed by atoms with Gasteiger partial charge in [0.25, 0.3) is 0 Å². The molecule has 0 unspecified atom stereocenters. The van der Waals surface area contributed by atoms with Crippen molar-refractivity contribution in [2.45, 2.75) is 58.0 Å². The number of fused-ring (bicyclic) bond motifs is 1. The Morgan fingerprint density at radius 2 is 1.89 bits per heavy atom. The third-order valence-electron chi connectivity index (χ3n) is 5.37. The summed E-state index contributed by atoms with van der Waals surface area (Å²) < 4.78 is 5.54. The molecule has 4 nitrogen and oxygen atoms in total. The zero-order chi connectivity index (χ0) is 19.6. The Morgan fingerprint density at radius 1 is 1.11 bits per heavy atom. The van der Waals surface area contributed by atoms with Gasteiger partial charge < -0.3 is 10.1 Å². The highest BCUT2D eigenvalue weighted by molar-refractivity contribution is 5.85. The number of nitrogens with zero attached hydrogens (tertiary/aromatic N) is 1. The highest BCUT2D eigenvalue weighted by Crippen LogP contribution is 2.30. The number of ether oxygens (including phenoxy) is 1. The first-order chi connectivity index (χ1) is 13.8. The smallest absolute Gasteiger partial charge is 0.221 e. The van der Waals surface area contributed by atoms with E-state index in [-0.39, 0.29) is 5.91 Å². The zero-order valence-electron chi connectivity index (χ0n) is 17.2. The molecule has 0 aliphatic heterocycles. The Kier molecular flexibility index (Phi) is 8.31. The largest absolute Gasteiger partial charge is 0.381 e. The number of amides is 1. The molecular formula is C24H34N2O2. The second-order valence-corrected chi connectivity index (χ2v) is 7.76. The van der Waals surface area contributed by atoms with Crippen molar-refractivity contribution in [1.82, 2.24) is 10.2 Å². The number of nitrogens with one attached hydrogen (secondary N) is 1. The molecule has 2 aromatic carbocycles. The molecule has 0 bridgehead atoms. The van der Waals surface area contributed by atoms with Crippen LogP contribution in [0.15, 0.2) is 42.5 Å². The summed E-state index contributed by atoms with van der Waals surface area (Å²) in [5.41, 5.74) is 1.36. The molecular weight excluding hydrogens is 348 g/mol. The van der Waals surface area contributed by atoms with E-state index in [1.54, 1.807) is 0 Å². The van der Waals surface area contributed by atoms with Gasteiger partial charge in [-0.05, 0) is 42.0 Å². The van der Waals surface area contributed by atoms with Crippen molar-refractivity contribution in [3.8, 4) is 0 Å². The second-order valence-electron chi connectivity index (χ2n) is 7.76. The molecule has 3 rings (SSSR count). The molecule has 0 heterocycles. The van der Waals surface area contributed by atoms with Crippen LogP contribution in [0.4, 0.5) is 0 Å². The summed E-state index contributed by atoms with van der Waals surface area (Å²) >= 11 is 0. The van der Waals surface area contributed by atoms with Gasteiger partial charge in [0.2, 0.25) is 5.91 Å². The standard InChI is InChI=1S/C24H34N2O2/c1-2-3-17-28-18-7-15-25-24(27)14-16-26(22-12-13-22)19-21-10-6-9-20-8-4-5-11-23(20)21/h4-6,8-11,22H,2-3,7,12-19H2,1H3,(H,25,27). The molecule has 2 aromatic rings. The van der Waals surface area contributed by atoms with E-state index >= 15 is 0 Å². The number of unbranched alkanes of at least 4 members (excludes halogenated alkanes) is 1. The molecule has 4 heteroatoms. The molecule has 0 atom stereocenters. The monoisotopic (exact) mass is 382 g/mol. The van der Waals surface area contributed by atoms with E-state index in [9.17, 15) is 4.79 Å². The topological polar surface area (TPSA) is 41.6 Å². The molecule has 152 valence electrons. The highest BCUT2D eigenvalue weighted by atomic mass is 16.5. The summed E-state index contributed by atoms with van der Waals surface area (Å²) in [6.07, 6.45) is 6.23. The van der Waals surface area contributed by atoms with Crippen molar-refractivity contribution in [2.75, 3.05) is 26.3 Å². The van der Waals surface area contributed by atoms with E-state index in [1.165, 1.54) is 29.2 Å². The molecule has 1 saturated carbocycles. The van der Waals surface area contributed by atoms with E-state index in [0.29, 0.717) is 19.0 Å². The molecule has 0 radical (unpaired) electrons. The first-order valence-electron chi connectivity index (χ1n) is 10.8. The molecule has 1 fully saturated rings. The maximum atomic E-state index is 12.2. The van der Waals surface area contributed by atoms with Crippen molar-refractivity contribution < 1.29 is 9.53 Å². The Labute approximate surface area is 169 Å². The average Bonchev–Trinajstić information content (AvgIpc) is 3.56. The lowest BCUT2D eigenvalue weighted by Crippen LogP contribution is -2.32. The maximum Gasteiger partial charge on any atom is 0.221 e. The third kappa shape index (κ3) is 6.61. The molecule has 0 spiro atoms. The quantitative estimate of drug-likeness (QED) is 0.518. The minimum absolute atomic E-state index is 0.150. The minimum atomic E-state index is 0.150. The van der Waals surface area contributed by atoms with Crippen LogP contribution in [0.25, 0.3) is 10.8 Å². The van der Waals surface area contributed by atoms with Crippen LogP contribution in [-0.4, -0.2) is 43.2 Å². The molecule has 1 N–H and O–H groups in total. The van der Waals surface area contributed by atoms with Crippen molar-refractivity contribution in [2.24, 2.45) is 0 Å². The summed E-state index contributed by atoms with van der Waals surface area (Å²) in [5, 5.41) is 5.65. The lowest BCUT2D eigenvalue weighted by molar-refractivity contribution is -0.121. The SMILES string of the molecule is CCCCOCCCNC(=O)CCN(Cc1cccc2ccccc12)C1CC1. The molecule has 28 heavy (non-hydrogen) atoms. The summed E-state index contributed by atoms with van der Waals surface area (Å²) in [5.74, 6) is 0.150. The van der Waals surface area contributed by atoms with Crippen molar-refractivity contribution >= 4 is 16.7 Å². The van der Waals surface area contributed by atoms with E-state index in [1.807, 2.05) is 0 Å². The number of rotatable bonds is 13. The Hall–Kier alpha value is -1.91. The van der Waals surface area contributed by atoms with E-state index < -0.39 is 0 Å². The Bertz CT molecular complexity index is 737. The summed E-state index contributed by atoms with van der Waals surface area (Å²) in [6, 6.07) is 15.7. The number of hydrogen-bond acceptors (Lipinski definition) is 3. The van der Waals surface area contributed by atoms with Gasteiger partial charge in [-0.3, -0.25) is 9.69 Å². The fraction of sp³-hybridized carbons (Fsp3) is 0.542. The number of hydrogen-bond donors (Lipinski definition) is 1. The highest BCUT2D eigenvalue weighted by Gasteiger charge is 2.29. The van der Waals surface area contributed by atoms with Crippen LogP contribution in [0.5, 0.6) is 0 Å². The second kappa shape index (κ2) is 11.2. The van der Waals surface area contributed by atoms with Crippen LogP contribution in [0.2, 0.25) is 0 Å².